The summed E-state index contributed by atoms with van der Waals surface area (Å²) in [6.07, 6.45) is 6.10. The first-order valence-corrected chi connectivity index (χ1v) is 6.80. The van der Waals surface area contributed by atoms with E-state index >= 15 is 0 Å². The largest absolute Gasteiger partial charge is 0.338 e. The number of likely N-dealkylation sites (tertiary alicyclic amines) is 1. The summed E-state index contributed by atoms with van der Waals surface area (Å²) in [7, 11) is 0. The molecule has 1 aliphatic heterocycles. The van der Waals surface area contributed by atoms with Gasteiger partial charge in [0.1, 0.15) is 0 Å². The molecule has 1 aromatic carbocycles. The third kappa shape index (κ3) is 3.97. The van der Waals surface area contributed by atoms with Crippen LogP contribution in [0.15, 0.2) is 42.6 Å². The third-order valence-corrected chi connectivity index (χ3v) is 3.61. The molecule has 0 radical (unpaired) electrons. The molecule has 22 heavy (non-hydrogen) atoms. The lowest BCUT2D eigenvalue weighted by Crippen LogP contribution is -2.30. The topological polar surface area (TPSA) is 59.2 Å². The van der Waals surface area contributed by atoms with Crippen LogP contribution >= 0.6 is 24.8 Å². The number of carbonyl (C=O) groups is 1. The summed E-state index contributed by atoms with van der Waals surface area (Å²) in [4.78, 5) is 18.2. The Balaban J connectivity index is 0.00000121. The van der Waals surface area contributed by atoms with E-state index in [2.05, 4.69) is 4.98 Å². The quantitative estimate of drug-likeness (QED) is 0.855. The van der Waals surface area contributed by atoms with E-state index in [4.69, 9.17) is 5.73 Å². The van der Waals surface area contributed by atoms with Crippen LogP contribution < -0.4 is 5.73 Å². The number of pyridine rings is 1. The highest BCUT2D eigenvalue weighted by Crippen LogP contribution is 2.17. The van der Waals surface area contributed by atoms with Crippen LogP contribution in [0.1, 0.15) is 12.0 Å². The number of hydrogen-bond donors (Lipinski definition) is 1. The zero-order chi connectivity index (χ0) is 13.9. The van der Waals surface area contributed by atoms with Gasteiger partial charge in [-0.2, -0.15) is 0 Å². The van der Waals surface area contributed by atoms with Crippen molar-refractivity contribution in [1.29, 1.82) is 0 Å². The normalized spacial score (nSPS) is 17.3. The Kier molecular flexibility index (Phi) is 6.81. The molecule has 2 N–H and O–H groups in total. The lowest BCUT2D eigenvalue weighted by molar-refractivity contribution is -0.124. The maximum absolute atomic E-state index is 12.1. The number of rotatable bonds is 2. The fourth-order valence-corrected chi connectivity index (χ4v) is 2.52. The lowest BCUT2D eigenvalue weighted by atomic mass is 10.1. The van der Waals surface area contributed by atoms with E-state index in [1.165, 1.54) is 0 Å². The molecule has 0 unspecified atom stereocenters. The number of nitrogens with zero attached hydrogens (tertiary/aromatic N) is 2. The number of carbonyl (C=O) groups excluding carboxylic acids is 1. The van der Waals surface area contributed by atoms with E-state index in [0.29, 0.717) is 6.54 Å². The Labute approximate surface area is 142 Å². The SMILES string of the molecule is Cl.Cl.N[C@@H]1CCN(C(=O)C=Cc2cccc3cccnc23)C1. The highest BCUT2D eigenvalue weighted by molar-refractivity contribution is 5.95. The molecule has 3 rings (SSSR count). The monoisotopic (exact) mass is 339 g/mol. The molecule has 1 aromatic heterocycles. The van der Waals surface area contributed by atoms with Crippen LogP contribution in [-0.4, -0.2) is 34.9 Å². The van der Waals surface area contributed by atoms with Crippen LogP contribution in [0.2, 0.25) is 0 Å². The van der Waals surface area contributed by atoms with Gasteiger partial charge in [-0.25, -0.2) is 0 Å². The molecule has 4 nitrogen and oxygen atoms in total. The molecular formula is C16H19Cl2N3O. The molecule has 1 aliphatic rings. The van der Waals surface area contributed by atoms with Gasteiger partial charge in [-0.05, 0) is 18.6 Å². The van der Waals surface area contributed by atoms with Crippen molar-refractivity contribution in [3.05, 3.63) is 48.2 Å². The second-order valence-corrected chi connectivity index (χ2v) is 5.09. The Morgan fingerprint density at radius 1 is 1.27 bits per heavy atom. The Bertz CT molecular complexity index is 670. The third-order valence-electron chi connectivity index (χ3n) is 3.61. The summed E-state index contributed by atoms with van der Waals surface area (Å²) in [5.41, 5.74) is 7.69. The molecule has 1 fully saturated rings. The molecule has 2 aromatic rings. The van der Waals surface area contributed by atoms with Crippen LogP contribution in [-0.2, 0) is 4.79 Å². The van der Waals surface area contributed by atoms with Crippen molar-refractivity contribution in [1.82, 2.24) is 9.88 Å². The van der Waals surface area contributed by atoms with Gasteiger partial charge in [0.15, 0.2) is 0 Å². The van der Waals surface area contributed by atoms with Gasteiger partial charge in [-0.3, -0.25) is 9.78 Å². The highest BCUT2D eigenvalue weighted by Gasteiger charge is 2.21. The maximum atomic E-state index is 12.1. The van der Waals surface area contributed by atoms with Gasteiger partial charge in [0.05, 0.1) is 5.52 Å². The molecule has 0 saturated carbocycles. The first-order chi connectivity index (χ1) is 9.74. The zero-order valence-electron chi connectivity index (χ0n) is 12.0. The lowest BCUT2D eigenvalue weighted by Gasteiger charge is -2.12. The fraction of sp³-hybridized carbons (Fsp3) is 0.250. The van der Waals surface area contributed by atoms with Crippen molar-refractivity contribution >= 4 is 47.7 Å². The number of halogens is 2. The van der Waals surface area contributed by atoms with Gasteiger partial charge < -0.3 is 10.6 Å². The van der Waals surface area contributed by atoms with Crippen molar-refractivity contribution in [3.63, 3.8) is 0 Å². The summed E-state index contributed by atoms with van der Waals surface area (Å²) < 4.78 is 0. The first-order valence-electron chi connectivity index (χ1n) is 6.80. The number of nitrogens with two attached hydrogens (primary N) is 1. The minimum Gasteiger partial charge on any atom is -0.338 e. The average Bonchev–Trinajstić information content (AvgIpc) is 2.91. The molecule has 2 heterocycles. The van der Waals surface area contributed by atoms with Crippen LogP contribution in [0.5, 0.6) is 0 Å². The number of aromatic nitrogens is 1. The summed E-state index contributed by atoms with van der Waals surface area (Å²) >= 11 is 0. The molecule has 1 atom stereocenters. The van der Waals surface area contributed by atoms with Crippen molar-refractivity contribution in [2.45, 2.75) is 12.5 Å². The number of amides is 1. The average molecular weight is 340 g/mol. The number of para-hydroxylation sites is 1. The molecule has 0 spiro atoms. The van der Waals surface area contributed by atoms with Crippen LogP contribution in [0, 0.1) is 0 Å². The van der Waals surface area contributed by atoms with Gasteiger partial charge in [0, 0.05) is 42.4 Å². The minimum atomic E-state index is 0. The van der Waals surface area contributed by atoms with Crippen molar-refractivity contribution < 1.29 is 4.79 Å². The van der Waals surface area contributed by atoms with Gasteiger partial charge in [-0.1, -0.05) is 24.3 Å². The number of benzene rings is 1. The van der Waals surface area contributed by atoms with Crippen LogP contribution in [0.4, 0.5) is 0 Å². The predicted octanol–water partition coefficient (Wildman–Crippen LogP) is 2.65. The first kappa shape index (κ1) is 18.4. The molecule has 6 heteroatoms. The Morgan fingerprint density at radius 3 is 2.77 bits per heavy atom. The number of hydrogen-bond acceptors (Lipinski definition) is 3. The van der Waals surface area contributed by atoms with Gasteiger partial charge in [0.2, 0.25) is 5.91 Å². The zero-order valence-corrected chi connectivity index (χ0v) is 13.6. The molecule has 118 valence electrons. The van der Waals surface area contributed by atoms with Gasteiger partial charge in [-0.15, -0.1) is 24.8 Å². The molecule has 0 bridgehead atoms. The summed E-state index contributed by atoms with van der Waals surface area (Å²) in [6.45, 7) is 1.40. The second kappa shape index (κ2) is 8.13. The summed E-state index contributed by atoms with van der Waals surface area (Å²) in [5.74, 6) is 0.0193. The van der Waals surface area contributed by atoms with E-state index < -0.39 is 0 Å². The number of fused-ring (bicyclic) bond motifs is 1. The molecule has 1 amide bonds. The fourth-order valence-electron chi connectivity index (χ4n) is 2.52. The maximum Gasteiger partial charge on any atom is 0.246 e. The molecular weight excluding hydrogens is 321 g/mol. The Hall–Kier alpha value is -1.62. The summed E-state index contributed by atoms with van der Waals surface area (Å²) in [5, 5.41) is 1.07. The van der Waals surface area contributed by atoms with E-state index in [-0.39, 0.29) is 36.8 Å². The van der Waals surface area contributed by atoms with Crippen LogP contribution in [0.3, 0.4) is 0 Å². The van der Waals surface area contributed by atoms with E-state index in [1.54, 1.807) is 17.2 Å². The van der Waals surface area contributed by atoms with E-state index in [1.807, 2.05) is 36.4 Å². The van der Waals surface area contributed by atoms with Crippen molar-refractivity contribution in [2.75, 3.05) is 13.1 Å². The van der Waals surface area contributed by atoms with Crippen molar-refractivity contribution in [3.8, 4) is 0 Å². The minimum absolute atomic E-state index is 0. The van der Waals surface area contributed by atoms with Crippen LogP contribution in [0.25, 0.3) is 17.0 Å². The predicted molar refractivity (Wildman–Crippen MR) is 94.4 cm³/mol. The molecule has 1 saturated heterocycles. The second-order valence-electron chi connectivity index (χ2n) is 5.09. The summed E-state index contributed by atoms with van der Waals surface area (Å²) in [6, 6.07) is 10.00. The standard InChI is InChI=1S/C16H17N3O.2ClH/c17-14-8-10-19(11-14)15(20)7-6-13-4-1-3-12-5-2-9-18-16(12)13;;/h1-7,9,14H,8,10-11,17H2;2*1H/t14-;;/m1../s1. The van der Waals surface area contributed by atoms with Gasteiger partial charge in [0.25, 0.3) is 0 Å². The van der Waals surface area contributed by atoms with E-state index in [9.17, 15) is 4.79 Å². The van der Waals surface area contributed by atoms with E-state index in [0.717, 1.165) is 29.4 Å². The highest BCUT2D eigenvalue weighted by atomic mass is 35.5. The van der Waals surface area contributed by atoms with Crippen molar-refractivity contribution in [2.24, 2.45) is 5.73 Å². The smallest absolute Gasteiger partial charge is 0.246 e. The Morgan fingerprint density at radius 2 is 2.05 bits per heavy atom. The molecule has 0 aliphatic carbocycles. The van der Waals surface area contributed by atoms with Gasteiger partial charge >= 0.3 is 0 Å².